The third kappa shape index (κ3) is 18.1. The van der Waals surface area contributed by atoms with Gasteiger partial charge in [-0.05, 0) is 158 Å². The minimum Gasteiger partial charge on any atom is -0.550 e. The van der Waals surface area contributed by atoms with E-state index in [1.165, 1.54) is 24.3 Å². The quantitative estimate of drug-likeness (QED) is 0.0278. The molecule has 0 bridgehead atoms. The number of pyridine rings is 2. The van der Waals surface area contributed by atoms with Crippen LogP contribution in [0.4, 0.5) is 20.2 Å². The standard InChI is InChI=1S/2C33H36FN3O6.Ca/c2*1-20(2)31-30(33(42)36-24-10-12-27(43-3)13-11-24)29(22-5-4-15-35-19-22)32(21-6-8-23(34)9-7-21)37(31)16-14-25(38)17-26(39)18-28(40)41;/h2*4-13,15,19-20,25-26,38-39H,14,16-18H2,1-3H3,(H,36,42)(H,40,41);/q;;+2/p-2/t2*25-,26-;/m11./s1. The molecule has 0 spiro atoms. The van der Waals surface area contributed by atoms with Gasteiger partial charge in [0.25, 0.3) is 11.8 Å². The number of aliphatic carboxylic acids is 2. The number of carbonyl (C=O) groups excluding carboxylic acids is 4. The van der Waals surface area contributed by atoms with Crippen molar-refractivity contribution < 1.29 is 68.1 Å². The van der Waals surface area contributed by atoms with Gasteiger partial charge in [0.2, 0.25) is 0 Å². The molecule has 4 atom stereocenters. The summed E-state index contributed by atoms with van der Waals surface area (Å²) in [6, 6.07) is 33.1. The van der Waals surface area contributed by atoms with Crippen LogP contribution in [-0.2, 0) is 22.7 Å². The van der Waals surface area contributed by atoms with Crippen LogP contribution in [0.2, 0.25) is 0 Å². The Hall–Kier alpha value is -7.82. The van der Waals surface area contributed by atoms with Gasteiger partial charge in [-0.15, -0.1) is 0 Å². The Bertz CT molecular complexity index is 3310. The molecule has 6 N–H and O–H groups in total. The molecule has 0 saturated carbocycles. The summed E-state index contributed by atoms with van der Waals surface area (Å²) >= 11 is 0. The number of anilines is 2. The van der Waals surface area contributed by atoms with Crippen LogP contribution < -0.4 is 30.3 Å². The molecule has 0 radical (unpaired) electrons. The number of rotatable bonds is 26. The van der Waals surface area contributed by atoms with Gasteiger partial charge in [-0.3, -0.25) is 19.6 Å². The fourth-order valence-electron chi connectivity index (χ4n) is 10.5. The SMILES string of the molecule is COc1ccc(NC(=O)c2c(-c3cccnc3)c(-c3ccc(F)cc3)n(CC[C@@H](O)C[C@@H](O)CC(=O)[O-])c2C(C)C)cc1.COc1ccc(NC(=O)c2c(-c3cccnc3)c(-c3ccc(F)cc3)n(CC[C@@H](O)C[C@@H](O)CC(=O)[O-])c2C(C)C)cc1.[Ca+2]. The van der Waals surface area contributed by atoms with E-state index in [1.54, 1.807) is 124 Å². The zero-order chi connectivity index (χ0) is 62.2. The molecule has 4 heterocycles. The summed E-state index contributed by atoms with van der Waals surface area (Å²) in [4.78, 5) is 58.6. The Balaban J connectivity index is 0.000000275. The van der Waals surface area contributed by atoms with Gasteiger partial charge in [-0.2, -0.15) is 0 Å². The topological polar surface area (TPSA) is 273 Å². The largest absolute Gasteiger partial charge is 2.00 e. The van der Waals surface area contributed by atoms with E-state index < -0.39 is 60.8 Å². The second-order valence-corrected chi connectivity index (χ2v) is 21.3. The Kier molecular flexibility index (Phi) is 25.3. The minimum atomic E-state index is -1.40. The first-order valence-corrected chi connectivity index (χ1v) is 28.1. The molecular weight excluding hydrogens is 1150 g/mol. The Labute approximate surface area is 533 Å². The van der Waals surface area contributed by atoms with Crippen LogP contribution in [0, 0.1) is 11.6 Å². The number of aromatic nitrogens is 4. The Morgan fingerprint density at radius 1 is 0.517 bits per heavy atom. The van der Waals surface area contributed by atoms with Crippen LogP contribution in [0.3, 0.4) is 0 Å². The Morgan fingerprint density at radius 2 is 0.862 bits per heavy atom. The summed E-state index contributed by atoms with van der Waals surface area (Å²) in [5, 5.41) is 69.3. The summed E-state index contributed by atoms with van der Waals surface area (Å²) < 4.78 is 42.4. The monoisotopic (exact) mass is 1220 g/mol. The summed E-state index contributed by atoms with van der Waals surface area (Å²) in [6.07, 6.45) is 0.822. The minimum absolute atomic E-state index is 0. The van der Waals surface area contributed by atoms with Gasteiger partial charge in [0.1, 0.15) is 23.1 Å². The predicted octanol–water partition coefficient (Wildman–Crippen LogP) is 8.38. The fourth-order valence-corrected chi connectivity index (χ4v) is 10.5. The number of benzene rings is 4. The van der Waals surface area contributed by atoms with E-state index in [-0.39, 0.29) is 100 Å². The van der Waals surface area contributed by atoms with Gasteiger partial charge in [0.05, 0.1) is 61.2 Å². The van der Waals surface area contributed by atoms with E-state index in [2.05, 4.69) is 20.6 Å². The maximum atomic E-state index is 14.1. The molecule has 87 heavy (non-hydrogen) atoms. The third-order valence-corrected chi connectivity index (χ3v) is 14.3. The number of carboxylic acid groups (broad SMARTS) is 2. The average molecular weight is 1220 g/mol. The average Bonchev–Trinajstić information content (AvgIpc) is 1.63. The zero-order valence-corrected chi connectivity index (χ0v) is 51.5. The van der Waals surface area contributed by atoms with Crippen LogP contribution in [0.15, 0.2) is 146 Å². The number of methoxy groups -OCH3 is 2. The molecule has 21 heteroatoms. The number of carbonyl (C=O) groups is 4. The van der Waals surface area contributed by atoms with Crippen LogP contribution in [0.1, 0.15) is 110 Å². The van der Waals surface area contributed by atoms with Crippen molar-refractivity contribution >= 4 is 72.9 Å². The smallest absolute Gasteiger partial charge is 0.550 e. The molecule has 0 fully saturated rings. The number of carboxylic acids is 2. The van der Waals surface area contributed by atoms with E-state index in [4.69, 9.17) is 9.47 Å². The van der Waals surface area contributed by atoms with Gasteiger partial charge >= 0.3 is 37.7 Å². The van der Waals surface area contributed by atoms with Crippen LogP contribution in [0.5, 0.6) is 11.5 Å². The van der Waals surface area contributed by atoms with Crippen LogP contribution in [-0.4, -0.2) is 140 Å². The van der Waals surface area contributed by atoms with Crippen LogP contribution in [0.25, 0.3) is 44.8 Å². The second-order valence-electron chi connectivity index (χ2n) is 21.3. The van der Waals surface area contributed by atoms with Crippen molar-refractivity contribution in [1.29, 1.82) is 0 Å². The summed E-state index contributed by atoms with van der Waals surface area (Å²) in [5.74, 6) is -3.40. The third-order valence-electron chi connectivity index (χ3n) is 14.3. The van der Waals surface area contributed by atoms with Crippen molar-refractivity contribution in [3.05, 3.63) is 180 Å². The van der Waals surface area contributed by atoms with Gasteiger partial charge in [0, 0.05) is 108 Å². The van der Waals surface area contributed by atoms with Gasteiger partial charge < -0.3 is 69.5 Å². The zero-order valence-electron chi connectivity index (χ0n) is 49.3. The number of hydrogen-bond donors (Lipinski definition) is 6. The van der Waals surface area contributed by atoms with Crippen molar-refractivity contribution in [2.75, 3.05) is 24.9 Å². The van der Waals surface area contributed by atoms with E-state index in [0.29, 0.717) is 90.2 Å². The van der Waals surface area contributed by atoms with E-state index >= 15 is 0 Å². The van der Waals surface area contributed by atoms with E-state index in [1.807, 2.05) is 49.0 Å². The predicted molar refractivity (Wildman–Crippen MR) is 324 cm³/mol. The number of halogens is 2. The molecule has 2 amide bonds. The first kappa shape index (κ1) is 68.3. The first-order chi connectivity index (χ1) is 41.2. The van der Waals surface area contributed by atoms with Crippen molar-refractivity contribution in [3.8, 4) is 56.3 Å². The fraction of sp³-hybridized carbons (Fsp3) is 0.303. The molecule has 0 aliphatic carbocycles. The van der Waals surface area contributed by atoms with Gasteiger partial charge in [-0.25, -0.2) is 8.78 Å². The molecule has 0 aliphatic rings. The van der Waals surface area contributed by atoms with Crippen molar-refractivity contribution in [2.24, 2.45) is 0 Å². The summed E-state index contributed by atoms with van der Waals surface area (Å²) in [7, 11) is 3.12. The molecule has 4 aromatic carbocycles. The number of aliphatic hydroxyl groups excluding tert-OH is 4. The number of hydrogen-bond acceptors (Lipinski definition) is 14. The number of amides is 2. The number of nitrogens with one attached hydrogen (secondary N) is 2. The molecular formula is C66H70CaF2N6O12. The molecule has 18 nitrogen and oxygen atoms in total. The van der Waals surface area contributed by atoms with Crippen molar-refractivity contribution in [1.82, 2.24) is 19.1 Å². The molecule has 8 rings (SSSR count). The number of nitrogens with zero attached hydrogens (tertiary/aromatic N) is 4. The van der Waals surface area contributed by atoms with Crippen LogP contribution >= 0.6 is 0 Å². The maximum Gasteiger partial charge on any atom is 2.00 e. The number of aliphatic hydroxyl groups is 4. The molecule has 0 saturated heterocycles. The molecule has 0 aliphatic heterocycles. The van der Waals surface area contributed by atoms with Crippen molar-refractivity contribution in [3.63, 3.8) is 0 Å². The Morgan fingerprint density at radius 3 is 1.15 bits per heavy atom. The molecule has 0 unspecified atom stereocenters. The van der Waals surface area contributed by atoms with Gasteiger partial charge in [0.15, 0.2) is 0 Å². The van der Waals surface area contributed by atoms with E-state index in [0.717, 1.165) is 0 Å². The molecule has 4 aromatic heterocycles. The summed E-state index contributed by atoms with van der Waals surface area (Å²) in [5.41, 5.74) is 8.43. The van der Waals surface area contributed by atoms with Crippen molar-refractivity contribution in [2.45, 2.75) is 116 Å². The molecule has 8 aromatic rings. The second kappa shape index (κ2) is 32.2. The first-order valence-electron chi connectivity index (χ1n) is 28.1. The summed E-state index contributed by atoms with van der Waals surface area (Å²) in [6.45, 7) is 8.27. The maximum absolute atomic E-state index is 14.1. The molecule has 452 valence electrons. The number of ether oxygens (including phenoxy) is 2. The van der Waals surface area contributed by atoms with Gasteiger partial charge in [-0.1, -0.05) is 39.8 Å². The van der Waals surface area contributed by atoms with E-state index in [9.17, 15) is 58.6 Å². The normalized spacial score (nSPS) is 12.5.